The minimum atomic E-state index is -4.96. The van der Waals surface area contributed by atoms with Gasteiger partial charge in [-0.05, 0) is 22.4 Å². The number of benzene rings is 2. The van der Waals surface area contributed by atoms with Gasteiger partial charge in [0.15, 0.2) is 5.25 Å². The number of hydrogen-bond donors (Lipinski definition) is 0. The first-order valence-corrected chi connectivity index (χ1v) is 7.56. The molecule has 0 spiro atoms. The SMILES string of the molecule is O=S(=O)(Cl)C(c1ccc2ccccc2c1)C(F)(F)F. The van der Waals surface area contributed by atoms with E-state index in [1.807, 2.05) is 0 Å². The maximum atomic E-state index is 12.8. The molecule has 0 aliphatic heterocycles. The Balaban J connectivity index is 2.64. The van der Waals surface area contributed by atoms with Crippen LogP contribution < -0.4 is 0 Å². The van der Waals surface area contributed by atoms with Gasteiger partial charge in [-0.2, -0.15) is 13.2 Å². The Morgan fingerprint density at radius 1 is 1.00 bits per heavy atom. The number of alkyl halides is 3. The van der Waals surface area contributed by atoms with E-state index in [1.165, 1.54) is 12.1 Å². The Morgan fingerprint density at radius 3 is 2.11 bits per heavy atom. The van der Waals surface area contributed by atoms with Crippen molar-refractivity contribution >= 4 is 30.5 Å². The molecule has 0 aliphatic rings. The molecule has 7 heteroatoms. The van der Waals surface area contributed by atoms with Crippen molar-refractivity contribution in [2.24, 2.45) is 0 Å². The molecule has 0 amide bonds. The van der Waals surface area contributed by atoms with Crippen LogP contribution in [0.2, 0.25) is 0 Å². The predicted molar refractivity (Wildman–Crippen MR) is 67.5 cm³/mol. The summed E-state index contributed by atoms with van der Waals surface area (Å²) < 4.78 is 60.8. The topological polar surface area (TPSA) is 34.1 Å². The zero-order chi connectivity index (χ0) is 14.3. The normalized spacial score (nSPS) is 14.5. The summed E-state index contributed by atoms with van der Waals surface area (Å²) in [6.45, 7) is 0. The first-order chi connectivity index (χ1) is 8.69. The van der Waals surface area contributed by atoms with Crippen LogP contribution in [0.3, 0.4) is 0 Å². The lowest BCUT2D eigenvalue weighted by Crippen LogP contribution is -2.25. The summed E-state index contributed by atoms with van der Waals surface area (Å²) >= 11 is 0. The highest BCUT2D eigenvalue weighted by molar-refractivity contribution is 8.14. The highest BCUT2D eigenvalue weighted by atomic mass is 35.7. The molecule has 1 atom stereocenters. The van der Waals surface area contributed by atoms with Gasteiger partial charge in [0.1, 0.15) is 0 Å². The summed E-state index contributed by atoms with van der Waals surface area (Å²) in [5.41, 5.74) is -0.388. The highest BCUT2D eigenvalue weighted by Crippen LogP contribution is 2.41. The lowest BCUT2D eigenvalue weighted by atomic mass is 10.0. The van der Waals surface area contributed by atoms with E-state index in [0.29, 0.717) is 5.39 Å². The largest absolute Gasteiger partial charge is 0.410 e. The van der Waals surface area contributed by atoms with Crippen LogP contribution in [-0.4, -0.2) is 14.6 Å². The third-order valence-electron chi connectivity index (χ3n) is 2.66. The molecular formula is C12H8ClF3O2S. The van der Waals surface area contributed by atoms with Crippen LogP contribution >= 0.6 is 10.7 Å². The molecule has 0 radical (unpaired) electrons. The van der Waals surface area contributed by atoms with Gasteiger partial charge in [0.25, 0.3) is 0 Å². The van der Waals surface area contributed by atoms with Crippen LogP contribution in [-0.2, 0) is 9.05 Å². The fourth-order valence-electron chi connectivity index (χ4n) is 1.88. The molecule has 2 rings (SSSR count). The molecule has 102 valence electrons. The molecular weight excluding hydrogens is 301 g/mol. The first-order valence-electron chi connectivity index (χ1n) is 5.18. The van der Waals surface area contributed by atoms with E-state index >= 15 is 0 Å². The van der Waals surface area contributed by atoms with E-state index in [0.717, 1.165) is 11.5 Å². The Kier molecular flexibility index (Phi) is 3.49. The van der Waals surface area contributed by atoms with Gasteiger partial charge in [-0.15, -0.1) is 0 Å². The van der Waals surface area contributed by atoms with Crippen LogP contribution in [0.1, 0.15) is 10.8 Å². The van der Waals surface area contributed by atoms with E-state index in [4.69, 9.17) is 10.7 Å². The lowest BCUT2D eigenvalue weighted by molar-refractivity contribution is -0.131. The average molecular weight is 309 g/mol. The third-order valence-corrected chi connectivity index (χ3v) is 4.29. The number of halogens is 4. The van der Waals surface area contributed by atoms with E-state index in [2.05, 4.69) is 0 Å². The van der Waals surface area contributed by atoms with Crippen molar-refractivity contribution in [2.45, 2.75) is 11.4 Å². The Labute approximate surface area is 112 Å². The molecule has 0 heterocycles. The summed E-state index contributed by atoms with van der Waals surface area (Å²) in [5.74, 6) is 0. The maximum Gasteiger partial charge on any atom is 0.410 e. The fourth-order valence-corrected chi connectivity index (χ4v) is 3.28. The highest BCUT2D eigenvalue weighted by Gasteiger charge is 2.49. The molecule has 0 aliphatic carbocycles. The van der Waals surface area contributed by atoms with Crippen LogP contribution in [0.25, 0.3) is 10.8 Å². The Bertz CT molecular complexity index is 710. The molecule has 2 aromatic carbocycles. The summed E-state index contributed by atoms with van der Waals surface area (Å²) in [7, 11) is 0.125. The molecule has 2 nitrogen and oxygen atoms in total. The zero-order valence-corrected chi connectivity index (χ0v) is 10.9. The smallest absolute Gasteiger partial charge is 0.211 e. The molecule has 0 aromatic heterocycles. The molecule has 0 fully saturated rings. The number of fused-ring (bicyclic) bond motifs is 1. The molecule has 1 unspecified atom stereocenters. The van der Waals surface area contributed by atoms with Gasteiger partial charge in [0, 0.05) is 10.7 Å². The standard InChI is InChI=1S/C12H8ClF3O2S/c13-19(17,18)11(12(14,15)16)10-6-5-8-3-1-2-4-9(8)7-10/h1-7,11H. The van der Waals surface area contributed by atoms with Crippen molar-refractivity contribution in [3.63, 3.8) is 0 Å². The number of rotatable bonds is 2. The summed E-state index contributed by atoms with van der Waals surface area (Å²) in [5, 5.41) is -1.47. The van der Waals surface area contributed by atoms with Crippen molar-refractivity contribution in [3.8, 4) is 0 Å². The van der Waals surface area contributed by atoms with E-state index in [9.17, 15) is 21.6 Å². The fraction of sp³-hybridized carbons (Fsp3) is 0.167. The van der Waals surface area contributed by atoms with Crippen molar-refractivity contribution in [1.82, 2.24) is 0 Å². The summed E-state index contributed by atoms with van der Waals surface area (Å²) in [6, 6.07) is 10.5. The maximum absolute atomic E-state index is 12.8. The summed E-state index contributed by atoms with van der Waals surface area (Å²) in [6.07, 6.45) is -4.96. The summed E-state index contributed by atoms with van der Waals surface area (Å²) in [4.78, 5) is 0. The second kappa shape index (κ2) is 4.68. The third kappa shape index (κ3) is 3.01. The predicted octanol–water partition coefficient (Wildman–Crippen LogP) is 4.01. The molecule has 0 N–H and O–H groups in total. The van der Waals surface area contributed by atoms with Gasteiger partial charge < -0.3 is 0 Å². The second-order valence-corrected chi connectivity index (χ2v) is 6.72. The van der Waals surface area contributed by atoms with Crippen LogP contribution in [0.15, 0.2) is 42.5 Å². The van der Waals surface area contributed by atoms with Gasteiger partial charge in [-0.1, -0.05) is 36.4 Å². The van der Waals surface area contributed by atoms with Crippen molar-refractivity contribution in [3.05, 3.63) is 48.0 Å². The van der Waals surface area contributed by atoms with E-state index in [1.54, 1.807) is 24.3 Å². The van der Waals surface area contributed by atoms with Gasteiger partial charge in [0.05, 0.1) is 0 Å². The molecule has 0 saturated heterocycles. The zero-order valence-electron chi connectivity index (χ0n) is 9.36. The van der Waals surface area contributed by atoms with Gasteiger partial charge in [0.2, 0.25) is 9.05 Å². The molecule has 0 bridgehead atoms. The minimum Gasteiger partial charge on any atom is -0.211 e. The monoisotopic (exact) mass is 308 g/mol. The average Bonchev–Trinajstić information content (AvgIpc) is 2.25. The van der Waals surface area contributed by atoms with Gasteiger partial charge >= 0.3 is 6.18 Å². The van der Waals surface area contributed by atoms with Crippen molar-refractivity contribution < 1.29 is 21.6 Å². The molecule has 0 saturated carbocycles. The quantitative estimate of drug-likeness (QED) is 0.786. The van der Waals surface area contributed by atoms with Crippen molar-refractivity contribution in [2.75, 3.05) is 0 Å². The van der Waals surface area contributed by atoms with Gasteiger partial charge in [-0.3, -0.25) is 0 Å². The minimum absolute atomic E-state index is 0.388. The van der Waals surface area contributed by atoms with Crippen LogP contribution in [0, 0.1) is 0 Å². The first kappa shape index (κ1) is 14.1. The Morgan fingerprint density at radius 2 is 1.58 bits per heavy atom. The van der Waals surface area contributed by atoms with Crippen molar-refractivity contribution in [1.29, 1.82) is 0 Å². The van der Waals surface area contributed by atoms with Crippen LogP contribution in [0.4, 0.5) is 13.2 Å². The van der Waals surface area contributed by atoms with Crippen LogP contribution in [0.5, 0.6) is 0 Å². The number of hydrogen-bond acceptors (Lipinski definition) is 2. The van der Waals surface area contributed by atoms with Gasteiger partial charge in [-0.25, -0.2) is 8.42 Å². The molecule has 19 heavy (non-hydrogen) atoms. The molecule has 2 aromatic rings. The Hall–Kier alpha value is -1.27. The van der Waals surface area contributed by atoms with E-state index < -0.39 is 20.5 Å². The van der Waals surface area contributed by atoms with E-state index in [-0.39, 0.29) is 5.56 Å². The lowest BCUT2D eigenvalue weighted by Gasteiger charge is -2.17. The second-order valence-electron chi connectivity index (χ2n) is 4.00.